The molecule has 1 aliphatic carbocycles. The second-order valence-electron chi connectivity index (χ2n) is 3.34. The first kappa shape index (κ1) is 8.64. The van der Waals surface area contributed by atoms with E-state index in [1.54, 1.807) is 15.3 Å². The summed E-state index contributed by atoms with van der Waals surface area (Å²) in [6, 6.07) is 2.41. The van der Waals surface area contributed by atoms with Crippen molar-refractivity contribution in [2.75, 3.05) is 5.75 Å². The fraction of sp³-hybridized carbons (Fsp3) is 0.600. The van der Waals surface area contributed by atoms with E-state index in [1.807, 2.05) is 11.3 Å². The Hall–Kier alpha value is 0.0500. The SMILES string of the molecule is SCCCc1cc2c(s1)CCC2. The van der Waals surface area contributed by atoms with Crippen LogP contribution in [0.4, 0.5) is 0 Å². The highest BCUT2D eigenvalue weighted by atomic mass is 32.1. The number of hydrogen-bond acceptors (Lipinski definition) is 2. The van der Waals surface area contributed by atoms with Crippen molar-refractivity contribution < 1.29 is 0 Å². The Morgan fingerprint density at radius 1 is 1.42 bits per heavy atom. The minimum atomic E-state index is 1.02. The van der Waals surface area contributed by atoms with E-state index in [0.717, 1.165) is 5.75 Å². The molecule has 1 aromatic rings. The Balaban J connectivity index is 2.05. The van der Waals surface area contributed by atoms with E-state index in [1.165, 1.54) is 32.1 Å². The summed E-state index contributed by atoms with van der Waals surface area (Å²) in [5.74, 6) is 1.02. The van der Waals surface area contributed by atoms with Gasteiger partial charge in [-0.15, -0.1) is 11.3 Å². The van der Waals surface area contributed by atoms with Crippen LogP contribution in [0, 0.1) is 0 Å². The number of aryl methyl sites for hydroxylation is 3. The second kappa shape index (κ2) is 3.84. The van der Waals surface area contributed by atoms with Gasteiger partial charge in [0.25, 0.3) is 0 Å². The summed E-state index contributed by atoms with van der Waals surface area (Å²) >= 11 is 6.25. The van der Waals surface area contributed by atoms with Crippen LogP contribution < -0.4 is 0 Å². The van der Waals surface area contributed by atoms with Crippen LogP contribution in [-0.2, 0) is 19.3 Å². The maximum Gasteiger partial charge on any atom is 0.00802 e. The summed E-state index contributed by atoms with van der Waals surface area (Å²) < 4.78 is 0. The van der Waals surface area contributed by atoms with Crippen molar-refractivity contribution >= 4 is 24.0 Å². The quantitative estimate of drug-likeness (QED) is 0.709. The van der Waals surface area contributed by atoms with Gasteiger partial charge in [0.2, 0.25) is 0 Å². The molecule has 0 nitrogen and oxygen atoms in total. The molecule has 0 bridgehead atoms. The van der Waals surface area contributed by atoms with Gasteiger partial charge in [-0.25, -0.2) is 0 Å². The van der Waals surface area contributed by atoms with Crippen LogP contribution in [0.2, 0.25) is 0 Å². The summed E-state index contributed by atoms with van der Waals surface area (Å²) in [6.07, 6.45) is 6.51. The highest BCUT2D eigenvalue weighted by Gasteiger charge is 2.13. The topological polar surface area (TPSA) is 0 Å². The average molecular weight is 198 g/mol. The van der Waals surface area contributed by atoms with Gasteiger partial charge in [-0.1, -0.05) is 0 Å². The molecule has 0 aromatic carbocycles. The molecule has 0 spiro atoms. The van der Waals surface area contributed by atoms with E-state index in [9.17, 15) is 0 Å². The van der Waals surface area contributed by atoms with Crippen LogP contribution in [0.3, 0.4) is 0 Å². The zero-order valence-corrected chi connectivity index (χ0v) is 8.89. The molecular weight excluding hydrogens is 184 g/mol. The fourth-order valence-electron chi connectivity index (χ4n) is 1.77. The van der Waals surface area contributed by atoms with E-state index in [2.05, 4.69) is 18.7 Å². The minimum absolute atomic E-state index is 1.02. The van der Waals surface area contributed by atoms with Crippen LogP contribution in [0.25, 0.3) is 0 Å². The third kappa shape index (κ3) is 1.69. The Morgan fingerprint density at radius 3 is 3.08 bits per heavy atom. The predicted octanol–water partition coefficient (Wildman–Crippen LogP) is 3.10. The molecular formula is C10H14S2. The Labute approximate surface area is 83.4 Å². The molecule has 1 aromatic heterocycles. The summed E-state index contributed by atoms with van der Waals surface area (Å²) in [6.45, 7) is 0. The minimum Gasteiger partial charge on any atom is -0.179 e. The highest BCUT2D eigenvalue weighted by Crippen LogP contribution is 2.31. The lowest BCUT2D eigenvalue weighted by Crippen LogP contribution is -1.81. The first-order valence-electron chi connectivity index (χ1n) is 4.61. The van der Waals surface area contributed by atoms with Crippen molar-refractivity contribution in [1.82, 2.24) is 0 Å². The highest BCUT2D eigenvalue weighted by molar-refractivity contribution is 7.80. The van der Waals surface area contributed by atoms with Gasteiger partial charge in [0, 0.05) is 9.75 Å². The maximum absolute atomic E-state index is 4.23. The van der Waals surface area contributed by atoms with Crippen LogP contribution in [0.1, 0.15) is 28.2 Å². The third-order valence-electron chi connectivity index (χ3n) is 2.38. The molecule has 1 aliphatic rings. The number of hydrogen-bond donors (Lipinski definition) is 1. The van der Waals surface area contributed by atoms with Crippen molar-refractivity contribution in [3.63, 3.8) is 0 Å². The molecule has 2 rings (SSSR count). The Kier molecular flexibility index (Phi) is 2.76. The standard InChI is InChI=1S/C10H14S2/c11-6-2-4-9-7-8-3-1-5-10(8)12-9/h7,11H,1-6H2. The molecule has 1 heterocycles. The molecule has 12 heavy (non-hydrogen) atoms. The van der Waals surface area contributed by atoms with Crippen molar-refractivity contribution in [3.05, 3.63) is 21.4 Å². The van der Waals surface area contributed by atoms with Gasteiger partial charge in [0.1, 0.15) is 0 Å². The van der Waals surface area contributed by atoms with E-state index in [4.69, 9.17) is 0 Å². The van der Waals surface area contributed by atoms with Gasteiger partial charge >= 0.3 is 0 Å². The van der Waals surface area contributed by atoms with Gasteiger partial charge in [0.05, 0.1) is 0 Å². The van der Waals surface area contributed by atoms with Gasteiger partial charge in [-0.2, -0.15) is 12.6 Å². The van der Waals surface area contributed by atoms with Crippen molar-refractivity contribution in [3.8, 4) is 0 Å². The lowest BCUT2D eigenvalue weighted by atomic mass is 10.2. The lowest BCUT2D eigenvalue weighted by Gasteiger charge is -1.92. The van der Waals surface area contributed by atoms with Crippen LogP contribution >= 0.6 is 24.0 Å². The normalized spacial score (nSPS) is 15.1. The zero-order chi connectivity index (χ0) is 8.39. The largest absolute Gasteiger partial charge is 0.179 e. The van der Waals surface area contributed by atoms with E-state index < -0.39 is 0 Å². The monoisotopic (exact) mass is 198 g/mol. The molecule has 2 heteroatoms. The molecule has 0 unspecified atom stereocenters. The number of thiol groups is 1. The first-order valence-corrected chi connectivity index (χ1v) is 6.06. The fourth-order valence-corrected chi connectivity index (χ4v) is 3.23. The van der Waals surface area contributed by atoms with Crippen molar-refractivity contribution in [2.24, 2.45) is 0 Å². The van der Waals surface area contributed by atoms with Crippen LogP contribution in [0.15, 0.2) is 6.07 Å². The number of fused-ring (bicyclic) bond motifs is 1. The zero-order valence-electron chi connectivity index (χ0n) is 7.18. The van der Waals surface area contributed by atoms with E-state index >= 15 is 0 Å². The molecule has 0 amide bonds. The number of thiophene rings is 1. The average Bonchev–Trinajstić information content (AvgIpc) is 2.58. The Bertz CT molecular complexity index is 241. The predicted molar refractivity (Wildman–Crippen MR) is 58.5 cm³/mol. The first-order chi connectivity index (χ1) is 5.90. The van der Waals surface area contributed by atoms with Gasteiger partial charge < -0.3 is 0 Å². The summed E-state index contributed by atoms with van der Waals surface area (Å²) in [7, 11) is 0. The molecule has 0 radical (unpaired) electrons. The smallest absolute Gasteiger partial charge is 0.00802 e. The molecule has 0 atom stereocenters. The third-order valence-corrected chi connectivity index (χ3v) is 3.99. The van der Waals surface area contributed by atoms with Gasteiger partial charge in [-0.05, 0) is 49.5 Å². The van der Waals surface area contributed by atoms with E-state index in [-0.39, 0.29) is 0 Å². The molecule has 0 aliphatic heterocycles. The lowest BCUT2D eigenvalue weighted by molar-refractivity contribution is 0.908. The van der Waals surface area contributed by atoms with Crippen LogP contribution in [0.5, 0.6) is 0 Å². The van der Waals surface area contributed by atoms with E-state index in [0.29, 0.717) is 0 Å². The second-order valence-corrected chi connectivity index (χ2v) is 5.01. The summed E-state index contributed by atoms with van der Waals surface area (Å²) in [4.78, 5) is 3.23. The Morgan fingerprint density at radius 2 is 2.33 bits per heavy atom. The van der Waals surface area contributed by atoms with Gasteiger partial charge in [-0.3, -0.25) is 0 Å². The number of rotatable bonds is 3. The molecule has 0 fully saturated rings. The molecule has 0 saturated carbocycles. The van der Waals surface area contributed by atoms with Crippen LogP contribution in [-0.4, -0.2) is 5.75 Å². The molecule has 0 saturated heterocycles. The molecule has 0 N–H and O–H groups in total. The molecule has 66 valence electrons. The van der Waals surface area contributed by atoms with Crippen molar-refractivity contribution in [2.45, 2.75) is 32.1 Å². The maximum atomic E-state index is 4.23. The van der Waals surface area contributed by atoms with Gasteiger partial charge in [0.15, 0.2) is 0 Å². The van der Waals surface area contributed by atoms with Crippen molar-refractivity contribution in [1.29, 1.82) is 0 Å². The summed E-state index contributed by atoms with van der Waals surface area (Å²) in [5.41, 5.74) is 1.63. The summed E-state index contributed by atoms with van der Waals surface area (Å²) in [5, 5.41) is 0.